The lowest BCUT2D eigenvalue weighted by Gasteiger charge is -2.06. The molecule has 0 spiro atoms. The molecule has 3 rings (SSSR count). The summed E-state index contributed by atoms with van der Waals surface area (Å²) in [5.41, 5.74) is -1.44. The number of carbonyl (C=O) groups is 1. The van der Waals surface area contributed by atoms with Crippen molar-refractivity contribution in [3.8, 4) is 11.4 Å². The molecule has 0 aliphatic heterocycles. The standard InChI is InChI=1S/C15H8F4N4OS/c16-8-4-1-5-9(17)10(8)13-21-15(25-23-13)22-14(24)7-3-2-6-20-11(7)12(18)19/h1-6,12H,(H,21,22,23,24). The molecule has 0 bridgehead atoms. The average molecular weight is 368 g/mol. The minimum absolute atomic E-state index is 0.0910. The van der Waals surface area contributed by atoms with E-state index in [4.69, 9.17) is 0 Å². The molecule has 25 heavy (non-hydrogen) atoms. The Balaban J connectivity index is 1.86. The number of hydrogen-bond acceptors (Lipinski definition) is 5. The highest BCUT2D eigenvalue weighted by Gasteiger charge is 2.21. The van der Waals surface area contributed by atoms with Crippen LogP contribution in [0.3, 0.4) is 0 Å². The van der Waals surface area contributed by atoms with Crippen molar-refractivity contribution in [2.24, 2.45) is 0 Å². The summed E-state index contributed by atoms with van der Waals surface area (Å²) in [6, 6.07) is 5.80. The van der Waals surface area contributed by atoms with E-state index in [1.807, 2.05) is 0 Å². The van der Waals surface area contributed by atoms with Gasteiger partial charge in [0.25, 0.3) is 12.3 Å². The van der Waals surface area contributed by atoms with Crippen LogP contribution in [0.4, 0.5) is 22.7 Å². The monoisotopic (exact) mass is 368 g/mol. The van der Waals surface area contributed by atoms with Crippen LogP contribution in [0.2, 0.25) is 0 Å². The number of amides is 1. The highest BCUT2D eigenvalue weighted by molar-refractivity contribution is 7.10. The summed E-state index contributed by atoms with van der Waals surface area (Å²) in [6.07, 6.45) is -1.79. The van der Waals surface area contributed by atoms with Gasteiger partial charge >= 0.3 is 0 Å². The van der Waals surface area contributed by atoms with Gasteiger partial charge in [-0.15, -0.1) is 0 Å². The van der Waals surface area contributed by atoms with Crippen LogP contribution in [0.1, 0.15) is 22.5 Å². The first-order chi connectivity index (χ1) is 12.0. The molecule has 1 amide bonds. The van der Waals surface area contributed by atoms with Gasteiger partial charge in [0.1, 0.15) is 17.3 Å². The smallest absolute Gasteiger partial charge is 0.281 e. The lowest BCUT2D eigenvalue weighted by molar-refractivity contribution is 0.100. The molecule has 0 saturated heterocycles. The van der Waals surface area contributed by atoms with Gasteiger partial charge in [0, 0.05) is 17.7 Å². The predicted octanol–water partition coefficient (Wildman–Crippen LogP) is 4.07. The average Bonchev–Trinajstić information content (AvgIpc) is 3.02. The number of halogens is 4. The molecule has 1 N–H and O–H groups in total. The molecular formula is C15H8F4N4OS. The maximum absolute atomic E-state index is 13.7. The summed E-state index contributed by atoms with van der Waals surface area (Å²) in [7, 11) is 0. The van der Waals surface area contributed by atoms with Crippen LogP contribution in [-0.4, -0.2) is 20.2 Å². The zero-order chi connectivity index (χ0) is 18.0. The van der Waals surface area contributed by atoms with E-state index in [0.29, 0.717) is 11.5 Å². The number of rotatable bonds is 4. The van der Waals surface area contributed by atoms with E-state index in [9.17, 15) is 22.4 Å². The second-order valence-electron chi connectivity index (χ2n) is 4.71. The summed E-state index contributed by atoms with van der Waals surface area (Å²) < 4.78 is 57.0. The highest BCUT2D eigenvalue weighted by atomic mass is 32.1. The first-order valence-electron chi connectivity index (χ1n) is 6.80. The number of pyridine rings is 1. The minimum atomic E-state index is -2.93. The van der Waals surface area contributed by atoms with Gasteiger partial charge in [-0.05, 0) is 24.3 Å². The molecule has 2 heterocycles. The summed E-state index contributed by atoms with van der Waals surface area (Å²) in [6.45, 7) is 0. The number of benzene rings is 1. The van der Waals surface area contributed by atoms with Crippen molar-refractivity contribution in [2.75, 3.05) is 5.32 Å². The quantitative estimate of drug-likeness (QED) is 0.705. The number of nitrogens with zero attached hydrogens (tertiary/aromatic N) is 3. The third-order valence-corrected chi connectivity index (χ3v) is 3.75. The SMILES string of the molecule is O=C(Nc1nc(-c2c(F)cccc2F)ns1)c1cccnc1C(F)F. The third kappa shape index (κ3) is 3.48. The van der Waals surface area contributed by atoms with Crippen molar-refractivity contribution < 1.29 is 22.4 Å². The van der Waals surface area contributed by atoms with Crippen LogP contribution in [0.25, 0.3) is 11.4 Å². The first kappa shape index (κ1) is 17.0. The van der Waals surface area contributed by atoms with Gasteiger partial charge in [-0.2, -0.15) is 9.36 Å². The maximum Gasteiger partial charge on any atom is 0.281 e. The largest absolute Gasteiger partial charge is 0.297 e. The Labute approximate surface area is 142 Å². The van der Waals surface area contributed by atoms with Gasteiger partial charge < -0.3 is 0 Å². The molecule has 2 aromatic heterocycles. The van der Waals surface area contributed by atoms with Crippen molar-refractivity contribution >= 4 is 22.6 Å². The van der Waals surface area contributed by atoms with Gasteiger partial charge in [-0.1, -0.05) is 6.07 Å². The van der Waals surface area contributed by atoms with Crippen molar-refractivity contribution in [2.45, 2.75) is 6.43 Å². The summed E-state index contributed by atoms with van der Waals surface area (Å²) >= 11 is 0.665. The molecule has 0 saturated carbocycles. The van der Waals surface area contributed by atoms with Crippen molar-refractivity contribution in [1.29, 1.82) is 0 Å². The van der Waals surface area contributed by atoms with Crippen LogP contribution in [0.5, 0.6) is 0 Å². The van der Waals surface area contributed by atoms with E-state index >= 15 is 0 Å². The molecule has 128 valence electrons. The number of aromatic nitrogens is 3. The zero-order valence-corrected chi connectivity index (χ0v) is 13.0. The number of hydrogen-bond donors (Lipinski definition) is 1. The molecular weight excluding hydrogens is 360 g/mol. The van der Waals surface area contributed by atoms with E-state index in [0.717, 1.165) is 18.3 Å². The van der Waals surface area contributed by atoms with E-state index in [1.54, 1.807) is 0 Å². The van der Waals surface area contributed by atoms with E-state index < -0.39 is 35.2 Å². The van der Waals surface area contributed by atoms with Gasteiger partial charge in [-0.25, -0.2) is 17.6 Å². The lowest BCUT2D eigenvalue weighted by Crippen LogP contribution is -2.15. The number of alkyl halides is 2. The second-order valence-corrected chi connectivity index (χ2v) is 5.46. The van der Waals surface area contributed by atoms with Crippen molar-refractivity contribution in [3.63, 3.8) is 0 Å². The molecule has 3 aromatic rings. The fraction of sp³-hybridized carbons (Fsp3) is 0.0667. The number of anilines is 1. The van der Waals surface area contributed by atoms with Crippen LogP contribution in [0, 0.1) is 11.6 Å². The van der Waals surface area contributed by atoms with Crippen LogP contribution in [-0.2, 0) is 0 Å². The number of nitrogens with one attached hydrogen (secondary N) is 1. The molecule has 0 aliphatic carbocycles. The molecule has 5 nitrogen and oxygen atoms in total. The Morgan fingerprint density at radius 1 is 1.12 bits per heavy atom. The number of carbonyl (C=O) groups excluding carboxylic acids is 1. The van der Waals surface area contributed by atoms with Crippen molar-refractivity contribution in [3.05, 3.63) is 59.4 Å². The first-order valence-corrected chi connectivity index (χ1v) is 7.57. The molecule has 0 atom stereocenters. The molecule has 1 aromatic carbocycles. The summed E-state index contributed by atoms with van der Waals surface area (Å²) in [5, 5.41) is 2.18. The minimum Gasteiger partial charge on any atom is -0.297 e. The van der Waals surface area contributed by atoms with Gasteiger partial charge in [0.05, 0.1) is 11.1 Å². The molecule has 0 unspecified atom stereocenters. The normalized spacial score (nSPS) is 10.9. The van der Waals surface area contributed by atoms with Crippen LogP contribution < -0.4 is 5.32 Å². The molecule has 0 fully saturated rings. The van der Waals surface area contributed by atoms with Gasteiger partial charge in [0.15, 0.2) is 5.82 Å². The summed E-state index contributed by atoms with van der Waals surface area (Å²) in [5.74, 6) is -2.85. The third-order valence-electron chi connectivity index (χ3n) is 3.12. The fourth-order valence-corrected chi connectivity index (χ4v) is 2.61. The zero-order valence-electron chi connectivity index (χ0n) is 12.2. The second kappa shape index (κ2) is 6.93. The predicted molar refractivity (Wildman–Crippen MR) is 82.4 cm³/mol. The van der Waals surface area contributed by atoms with E-state index in [1.165, 1.54) is 18.2 Å². The van der Waals surface area contributed by atoms with Crippen LogP contribution in [0.15, 0.2) is 36.5 Å². The molecule has 10 heteroatoms. The van der Waals surface area contributed by atoms with Crippen molar-refractivity contribution in [1.82, 2.24) is 14.3 Å². The summed E-state index contributed by atoms with van der Waals surface area (Å²) in [4.78, 5) is 19.4. The van der Waals surface area contributed by atoms with Gasteiger partial charge in [0.2, 0.25) is 5.13 Å². The lowest BCUT2D eigenvalue weighted by atomic mass is 10.2. The Morgan fingerprint density at radius 2 is 1.84 bits per heavy atom. The van der Waals surface area contributed by atoms with Crippen LogP contribution >= 0.6 is 11.5 Å². The molecule has 0 radical (unpaired) electrons. The van der Waals surface area contributed by atoms with E-state index in [-0.39, 0.29) is 16.5 Å². The topological polar surface area (TPSA) is 67.8 Å². The Kier molecular flexibility index (Phi) is 4.70. The maximum atomic E-state index is 13.7. The Hall–Kier alpha value is -2.88. The Bertz CT molecular complexity index is 911. The molecule has 0 aliphatic rings. The Morgan fingerprint density at radius 3 is 2.52 bits per heavy atom. The fourth-order valence-electron chi connectivity index (χ4n) is 2.04. The highest BCUT2D eigenvalue weighted by Crippen LogP contribution is 2.27. The van der Waals surface area contributed by atoms with Gasteiger partial charge in [-0.3, -0.25) is 15.1 Å². The van der Waals surface area contributed by atoms with E-state index in [2.05, 4.69) is 19.7 Å².